The van der Waals surface area contributed by atoms with Crippen molar-refractivity contribution in [2.45, 2.75) is 26.4 Å². The summed E-state index contributed by atoms with van der Waals surface area (Å²) in [6, 6.07) is 9.14. The van der Waals surface area contributed by atoms with Crippen molar-refractivity contribution < 1.29 is 18.3 Å². The molecule has 0 spiro atoms. The number of rotatable bonds is 9. The van der Waals surface area contributed by atoms with E-state index in [-0.39, 0.29) is 11.4 Å². The third kappa shape index (κ3) is 4.75. The molecule has 0 fully saturated rings. The lowest BCUT2D eigenvalue weighted by atomic mass is 10.1. The summed E-state index contributed by atoms with van der Waals surface area (Å²) in [5.41, 5.74) is 1.04. The smallest absolute Gasteiger partial charge is 0.259 e. The standard InChI is InChI=1S/C23H24F2N6O2/c1-3-33-10-9-30-8-7-16-11-18(25)17(12-20(16)30)23(32)28-21-6-4-5-19(27-21)22-29-26-14-31(22)15(2)13-24/h4-8,11-12,14-15H,3,9-10,13H2,1-2H3,(H,27,28,32). The number of hydrogen-bond acceptors (Lipinski definition) is 5. The number of carbonyl (C=O) groups excluding carboxylic acids is 1. The molecular weight excluding hydrogens is 430 g/mol. The number of halogens is 2. The fraction of sp³-hybridized carbons (Fsp3) is 0.304. The minimum atomic E-state index is -0.629. The zero-order valence-electron chi connectivity index (χ0n) is 18.3. The van der Waals surface area contributed by atoms with Gasteiger partial charge in [-0.15, -0.1) is 10.2 Å². The molecule has 0 bridgehead atoms. The Labute approximate surface area is 189 Å². The van der Waals surface area contributed by atoms with Crippen molar-refractivity contribution in [2.75, 3.05) is 25.2 Å². The molecule has 1 amide bonds. The van der Waals surface area contributed by atoms with E-state index in [2.05, 4.69) is 20.5 Å². The summed E-state index contributed by atoms with van der Waals surface area (Å²) in [7, 11) is 0. The number of hydrogen-bond donors (Lipinski definition) is 1. The van der Waals surface area contributed by atoms with Crippen molar-refractivity contribution in [3.63, 3.8) is 0 Å². The number of carbonyl (C=O) groups is 1. The Balaban J connectivity index is 1.59. The Morgan fingerprint density at radius 3 is 2.91 bits per heavy atom. The first-order chi connectivity index (χ1) is 16.0. The van der Waals surface area contributed by atoms with E-state index in [1.54, 1.807) is 35.8 Å². The van der Waals surface area contributed by atoms with Gasteiger partial charge >= 0.3 is 0 Å². The molecule has 4 rings (SSSR count). The van der Waals surface area contributed by atoms with Gasteiger partial charge < -0.3 is 19.2 Å². The van der Waals surface area contributed by atoms with Gasteiger partial charge in [-0.3, -0.25) is 4.79 Å². The van der Waals surface area contributed by atoms with E-state index in [1.165, 1.54) is 18.5 Å². The number of nitrogens with zero attached hydrogens (tertiary/aromatic N) is 5. The van der Waals surface area contributed by atoms with E-state index in [9.17, 15) is 13.6 Å². The van der Waals surface area contributed by atoms with Crippen molar-refractivity contribution in [1.29, 1.82) is 0 Å². The number of amides is 1. The number of benzene rings is 1. The van der Waals surface area contributed by atoms with Crippen LogP contribution in [-0.4, -0.2) is 50.1 Å². The third-order valence-electron chi connectivity index (χ3n) is 5.28. The minimum Gasteiger partial charge on any atom is -0.380 e. The van der Waals surface area contributed by atoms with Crippen LogP contribution in [0, 0.1) is 5.82 Å². The highest BCUT2D eigenvalue weighted by atomic mass is 19.1. The highest BCUT2D eigenvalue weighted by molar-refractivity contribution is 6.06. The van der Waals surface area contributed by atoms with Crippen LogP contribution in [0.4, 0.5) is 14.6 Å². The Kier molecular flexibility index (Phi) is 6.74. The molecule has 33 heavy (non-hydrogen) atoms. The van der Waals surface area contributed by atoms with Crippen molar-refractivity contribution in [3.8, 4) is 11.5 Å². The molecule has 0 aliphatic heterocycles. The first kappa shape index (κ1) is 22.5. The van der Waals surface area contributed by atoms with Crippen molar-refractivity contribution >= 4 is 22.6 Å². The average Bonchev–Trinajstić information content (AvgIpc) is 3.45. The number of ether oxygens (including phenoxy) is 1. The lowest BCUT2D eigenvalue weighted by molar-refractivity contribution is 0.102. The second kappa shape index (κ2) is 9.86. The quantitative estimate of drug-likeness (QED) is 0.382. The summed E-state index contributed by atoms with van der Waals surface area (Å²) in [5, 5.41) is 11.2. The molecule has 1 N–H and O–H groups in total. The van der Waals surface area contributed by atoms with Crippen molar-refractivity contribution in [2.24, 2.45) is 0 Å². The normalized spacial score (nSPS) is 12.2. The second-order valence-electron chi connectivity index (χ2n) is 7.52. The van der Waals surface area contributed by atoms with Gasteiger partial charge in [0.15, 0.2) is 5.82 Å². The minimum absolute atomic E-state index is 0.0970. The molecule has 1 atom stereocenters. The highest BCUT2D eigenvalue weighted by Gasteiger charge is 2.18. The fourth-order valence-corrected chi connectivity index (χ4v) is 3.52. The zero-order chi connectivity index (χ0) is 23.4. The molecule has 8 nitrogen and oxygen atoms in total. The second-order valence-corrected chi connectivity index (χ2v) is 7.52. The fourth-order valence-electron chi connectivity index (χ4n) is 3.52. The first-order valence-electron chi connectivity index (χ1n) is 10.6. The number of alkyl halides is 1. The molecule has 1 aromatic carbocycles. The molecule has 4 aromatic rings. The van der Waals surface area contributed by atoms with Crippen molar-refractivity contribution in [1.82, 2.24) is 24.3 Å². The van der Waals surface area contributed by atoms with E-state index >= 15 is 0 Å². The van der Waals surface area contributed by atoms with Gasteiger partial charge in [0.25, 0.3) is 5.91 Å². The molecule has 3 aromatic heterocycles. The highest BCUT2D eigenvalue weighted by Crippen LogP contribution is 2.23. The van der Waals surface area contributed by atoms with Gasteiger partial charge in [-0.2, -0.15) is 0 Å². The lowest BCUT2D eigenvalue weighted by Crippen LogP contribution is -2.15. The SMILES string of the molecule is CCOCCn1ccc2cc(F)c(C(=O)Nc3cccc(-c4nncn4C(C)CF)n3)cc21. The number of fused-ring (bicyclic) bond motifs is 1. The van der Waals surface area contributed by atoms with E-state index in [0.717, 1.165) is 5.52 Å². The van der Waals surface area contributed by atoms with Crippen LogP contribution in [0.1, 0.15) is 30.2 Å². The maximum Gasteiger partial charge on any atom is 0.259 e. The molecule has 0 radical (unpaired) electrons. The Hall–Kier alpha value is -3.66. The van der Waals surface area contributed by atoms with Gasteiger partial charge in [0, 0.05) is 30.3 Å². The van der Waals surface area contributed by atoms with E-state index in [0.29, 0.717) is 36.7 Å². The Morgan fingerprint density at radius 1 is 1.27 bits per heavy atom. The summed E-state index contributed by atoms with van der Waals surface area (Å²) >= 11 is 0. The van der Waals surface area contributed by atoms with E-state index < -0.39 is 24.4 Å². The van der Waals surface area contributed by atoms with Crippen LogP contribution in [0.5, 0.6) is 0 Å². The number of nitrogens with one attached hydrogen (secondary N) is 1. The van der Waals surface area contributed by atoms with Crippen LogP contribution < -0.4 is 5.32 Å². The van der Waals surface area contributed by atoms with Crippen LogP contribution in [0.2, 0.25) is 0 Å². The van der Waals surface area contributed by atoms with Gasteiger partial charge in [-0.25, -0.2) is 13.8 Å². The van der Waals surface area contributed by atoms with Crippen LogP contribution in [0.25, 0.3) is 22.4 Å². The molecule has 3 heterocycles. The maximum atomic E-state index is 14.7. The van der Waals surface area contributed by atoms with Crippen LogP contribution in [0.15, 0.2) is 48.9 Å². The van der Waals surface area contributed by atoms with Crippen molar-refractivity contribution in [3.05, 3.63) is 60.3 Å². The Morgan fingerprint density at radius 2 is 2.12 bits per heavy atom. The van der Waals surface area contributed by atoms with Gasteiger partial charge in [0.05, 0.1) is 18.2 Å². The maximum absolute atomic E-state index is 14.7. The summed E-state index contributed by atoms with van der Waals surface area (Å²) in [4.78, 5) is 17.3. The zero-order valence-corrected chi connectivity index (χ0v) is 18.3. The molecule has 10 heteroatoms. The summed E-state index contributed by atoms with van der Waals surface area (Å²) < 4.78 is 36.7. The third-order valence-corrected chi connectivity index (χ3v) is 5.28. The molecular formula is C23H24F2N6O2. The van der Waals surface area contributed by atoms with Crippen LogP contribution in [-0.2, 0) is 11.3 Å². The van der Waals surface area contributed by atoms with Crippen LogP contribution >= 0.6 is 0 Å². The topological polar surface area (TPSA) is 86.9 Å². The largest absolute Gasteiger partial charge is 0.380 e. The summed E-state index contributed by atoms with van der Waals surface area (Å²) in [6.45, 7) is 4.74. The summed E-state index contributed by atoms with van der Waals surface area (Å²) in [6.07, 6.45) is 3.27. The molecule has 0 saturated carbocycles. The first-order valence-corrected chi connectivity index (χ1v) is 10.6. The summed E-state index contributed by atoms with van der Waals surface area (Å²) in [5.74, 6) is -0.674. The molecule has 0 saturated heterocycles. The lowest BCUT2D eigenvalue weighted by Gasteiger charge is -2.12. The number of anilines is 1. The number of aromatic nitrogens is 5. The van der Waals surface area contributed by atoms with E-state index in [1.807, 2.05) is 17.7 Å². The Bertz CT molecular complexity index is 1270. The average molecular weight is 454 g/mol. The molecule has 0 aliphatic rings. The van der Waals surface area contributed by atoms with E-state index in [4.69, 9.17) is 4.74 Å². The molecule has 1 unspecified atom stereocenters. The number of pyridine rings is 1. The van der Waals surface area contributed by atoms with Gasteiger partial charge in [-0.1, -0.05) is 6.07 Å². The predicted octanol–water partition coefficient (Wildman–Crippen LogP) is 4.25. The molecule has 0 aliphatic carbocycles. The predicted molar refractivity (Wildman–Crippen MR) is 120 cm³/mol. The monoisotopic (exact) mass is 454 g/mol. The van der Waals surface area contributed by atoms with Gasteiger partial charge in [0.1, 0.15) is 30.3 Å². The van der Waals surface area contributed by atoms with Gasteiger partial charge in [0.2, 0.25) is 0 Å². The van der Waals surface area contributed by atoms with Crippen LogP contribution in [0.3, 0.4) is 0 Å². The molecule has 172 valence electrons. The van der Waals surface area contributed by atoms with Gasteiger partial charge in [-0.05, 0) is 44.2 Å².